The molecule has 0 radical (unpaired) electrons. The number of carbonyl (C=O) groups is 1. The van der Waals surface area contributed by atoms with Gasteiger partial charge < -0.3 is 15.8 Å². The number of hydrogen-bond donors (Lipinski definition) is 2. The van der Waals surface area contributed by atoms with Gasteiger partial charge in [-0.2, -0.15) is 0 Å². The summed E-state index contributed by atoms with van der Waals surface area (Å²) < 4.78 is 6.76. The van der Waals surface area contributed by atoms with Crippen molar-refractivity contribution in [1.29, 1.82) is 0 Å². The molecular formula is C14H19N5O2. The molecule has 1 heterocycles. The van der Waals surface area contributed by atoms with E-state index in [2.05, 4.69) is 15.6 Å². The van der Waals surface area contributed by atoms with Crippen molar-refractivity contribution in [3.8, 4) is 5.75 Å². The number of para-hydroxylation sites is 1. The highest BCUT2D eigenvalue weighted by Gasteiger charge is 2.14. The van der Waals surface area contributed by atoms with Crippen LogP contribution >= 0.6 is 0 Å². The third kappa shape index (κ3) is 3.79. The summed E-state index contributed by atoms with van der Waals surface area (Å²) in [6, 6.07) is 7.42. The van der Waals surface area contributed by atoms with Crippen molar-refractivity contribution in [3.63, 3.8) is 0 Å². The number of nitrogens with two attached hydrogens (primary N) is 1. The van der Waals surface area contributed by atoms with Gasteiger partial charge in [0.2, 0.25) is 5.91 Å². The first-order valence-electron chi connectivity index (χ1n) is 6.65. The third-order valence-electron chi connectivity index (χ3n) is 3.08. The standard InChI is InChI=1S/C14H19N5O2/c1-10(12-5-3-4-6-13(12)21-2)16-14(20)9-19-8-11(7-15)17-18-19/h3-6,8,10H,7,9,15H2,1-2H3,(H,16,20). The number of nitrogens with zero attached hydrogens (tertiary/aromatic N) is 3. The van der Waals surface area contributed by atoms with Crippen molar-refractivity contribution < 1.29 is 9.53 Å². The molecule has 2 aromatic rings. The van der Waals surface area contributed by atoms with Crippen LogP contribution in [0.25, 0.3) is 0 Å². The maximum absolute atomic E-state index is 12.0. The summed E-state index contributed by atoms with van der Waals surface area (Å²) >= 11 is 0. The molecule has 0 spiro atoms. The summed E-state index contributed by atoms with van der Waals surface area (Å²) in [4.78, 5) is 12.0. The van der Waals surface area contributed by atoms with Gasteiger partial charge >= 0.3 is 0 Å². The van der Waals surface area contributed by atoms with E-state index < -0.39 is 0 Å². The summed E-state index contributed by atoms with van der Waals surface area (Å²) in [5.74, 6) is 0.596. The fraction of sp³-hybridized carbons (Fsp3) is 0.357. The second-order valence-corrected chi connectivity index (χ2v) is 4.64. The van der Waals surface area contributed by atoms with Crippen LogP contribution in [0.1, 0.15) is 24.2 Å². The molecule has 0 saturated carbocycles. The Labute approximate surface area is 123 Å². The SMILES string of the molecule is COc1ccccc1C(C)NC(=O)Cn1cc(CN)nn1. The minimum absolute atomic E-state index is 0.104. The van der Waals surface area contributed by atoms with Gasteiger partial charge in [-0.3, -0.25) is 4.79 Å². The van der Waals surface area contributed by atoms with Crippen molar-refractivity contribution in [1.82, 2.24) is 20.3 Å². The minimum atomic E-state index is -0.161. The van der Waals surface area contributed by atoms with Crippen LogP contribution in [0.5, 0.6) is 5.75 Å². The van der Waals surface area contributed by atoms with Gasteiger partial charge in [0.25, 0.3) is 0 Å². The number of rotatable bonds is 6. The number of benzene rings is 1. The Bertz CT molecular complexity index is 611. The van der Waals surface area contributed by atoms with Gasteiger partial charge in [0.15, 0.2) is 0 Å². The first-order valence-corrected chi connectivity index (χ1v) is 6.65. The lowest BCUT2D eigenvalue weighted by Crippen LogP contribution is -2.30. The summed E-state index contributed by atoms with van der Waals surface area (Å²) in [5, 5.41) is 10.6. The van der Waals surface area contributed by atoms with Crippen molar-refractivity contribution in [2.45, 2.75) is 26.1 Å². The molecule has 0 aliphatic rings. The molecule has 0 aliphatic carbocycles. The van der Waals surface area contributed by atoms with E-state index in [-0.39, 0.29) is 18.5 Å². The molecule has 0 bridgehead atoms. The van der Waals surface area contributed by atoms with Crippen LogP contribution in [-0.4, -0.2) is 28.0 Å². The molecule has 2 rings (SSSR count). The van der Waals surface area contributed by atoms with Crippen molar-refractivity contribution in [2.24, 2.45) is 5.73 Å². The zero-order valence-electron chi connectivity index (χ0n) is 12.1. The zero-order valence-corrected chi connectivity index (χ0v) is 12.1. The summed E-state index contributed by atoms with van der Waals surface area (Å²) in [7, 11) is 1.61. The average molecular weight is 289 g/mol. The third-order valence-corrected chi connectivity index (χ3v) is 3.08. The number of carbonyl (C=O) groups excluding carboxylic acids is 1. The van der Waals surface area contributed by atoms with Gasteiger partial charge in [0.05, 0.1) is 25.0 Å². The first-order chi connectivity index (χ1) is 10.1. The summed E-state index contributed by atoms with van der Waals surface area (Å²) in [6.45, 7) is 2.31. The average Bonchev–Trinajstić information content (AvgIpc) is 2.94. The Morgan fingerprint density at radius 2 is 2.24 bits per heavy atom. The molecule has 1 unspecified atom stereocenters. The topological polar surface area (TPSA) is 95.1 Å². The predicted octanol–water partition coefficient (Wildman–Crippen LogP) is 0.623. The molecule has 112 valence electrons. The highest BCUT2D eigenvalue weighted by Crippen LogP contribution is 2.24. The molecule has 0 aliphatic heterocycles. The van der Waals surface area contributed by atoms with Crippen LogP contribution in [0.3, 0.4) is 0 Å². The Hall–Kier alpha value is -2.41. The second kappa shape index (κ2) is 6.85. The van der Waals surface area contributed by atoms with Gasteiger partial charge in [-0.05, 0) is 13.0 Å². The molecule has 1 aromatic carbocycles. The van der Waals surface area contributed by atoms with E-state index in [1.165, 1.54) is 4.68 Å². The molecule has 0 fully saturated rings. The smallest absolute Gasteiger partial charge is 0.242 e. The molecule has 3 N–H and O–H groups in total. The fourth-order valence-corrected chi connectivity index (χ4v) is 2.05. The van der Waals surface area contributed by atoms with Gasteiger partial charge in [-0.15, -0.1) is 5.10 Å². The molecular weight excluding hydrogens is 270 g/mol. The van der Waals surface area contributed by atoms with E-state index in [9.17, 15) is 4.79 Å². The molecule has 1 amide bonds. The van der Waals surface area contributed by atoms with E-state index in [4.69, 9.17) is 10.5 Å². The van der Waals surface area contributed by atoms with E-state index >= 15 is 0 Å². The van der Waals surface area contributed by atoms with Crippen molar-refractivity contribution in [3.05, 3.63) is 41.7 Å². The Kier molecular flexibility index (Phi) is 4.89. The van der Waals surface area contributed by atoms with Gasteiger partial charge in [-0.1, -0.05) is 23.4 Å². The number of ether oxygens (including phenoxy) is 1. The lowest BCUT2D eigenvalue weighted by atomic mass is 10.1. The Balaban J connectivity index is 1.98. The van der Waals surface area contributed by atoms with E-state index in [0.29, 0.717) is 12.2 Å². The lowest BCUT2D eigenvalue weighted by molar-refractivity contribution is -0.122. The number of nitrogens with one attached hydrogen (secondary N) is 1. The normalized spacial score (nSPS) is 12.0. The zero-order chi connectivity index (χ0) is 15.2. The maximum atomic E-state index is 12.0. The number of aromatic nitrogens is 3. The van der Waals surface area contributed by atoms with Crippen molar-refractivity contribution in [2.75, 3.05) is 7.11 Å². The van der Waals surface area contributed by atoms with E-state index in [0.717, 1.165) is 11.3 Å². The van der Waals surface area contributed by atoms with Crippen LogP contribution in [0.2, 0.25) is 0 Å². The highest BCUT2D eigenvalue weighted by atomic mass is 16.5. The summed E-state index contributed by atoms with van der Waals surface area (Å²) in [5.41, 5.74) is 7.03. The second-order valence-electron chi connectivity index (χ2n) is 4.64. The molecule has 1 aromatic heterocycles. The first kappa shape index (κ1) is 15.0. The van der Waals surface area contributed by atoms with E-state index in [1.54, 1.807) is 13.3 Å². The van der Waals surface area contributed by atoms with Gasteiger partial charge in [0, 0.05) is 12.1 Å². The van der Waals surface area contributed by atoms with Crippen LogP contribution in [-0.2, 0) is 17.9 Å². The van der Waals surface area contributed by atoms with Crippen LogP contribution < -0.4 is 15.8 Å². The minimum Gasteiger partial charge on any atom is -0.496 e. The predicted molar refractivity (Wildman–Crippen MR) is 77.5 cm³/mol. The van der Waals surface area contributed by atoms with Crippen molar-refractivity contribution >= 4 is 5.91 Å². The molecule has 21 heavy (non-hydrogen) atoms. The highest BCUT2D eigenvalue weighted by molar-refractivity contribution is 5.76. The van der Waals surface area contributed by atoms with Crippen LogP contribution in [0.4, 0.5) is 0 Å². The molecule has 0 saturated heterocycles. The fourth-order valence-electron chi connectivity index (χ4n) is 2.05. The number of methoxy groups -OCH3 is 1. The quantitative estimate of drug-likeness (QED) is 0.813. The van der Waals surface area contributed by atoms with Crippen LogP contribution in [0, 0.1) is 0 Å². The van der Waals surface area contributed by atoms with E-state index in [1.807, 2.05) is 31.2 Å². The summed E-state index contributed by atoms with van der Waals surface area (Å²) in [6.07, 6.45) is 1.66. The molecule has 1 atom stereocenters. The molecule has 7 heteroatoms. The monoisotopic (exact) mass is 289 g/mol. The lowest BCUT2D eigenvalue weighted by Gasteiger charge is -2.17. The maximum Gasteiger partial charge on any atom is 0.242 e. The van der Waals surface area contributed by atoms with Gasteiger partial charge in [-0.25, -0.2) is 4.68 Å². The largest absolute Gasteiger partial charge is 0.496 e. The van der Waals surface area contributed by atoms with Gasteiger partial charge in [0.1, 0.15) is 12.3 Å². The molecule has 7 nitrogen and oxygen atoms in total. The Morgan fingerprint density at radius 1 is 1.48 bits per heavy atom. The Morgan fingerprint density at radius 3 is 2.90 bits per heavy atom. The van der Waals surface area contributed by atoms with Crippen LogP contribution in [0.15, 0.2) is 30.5 Å². The number of hydrogen-bond acceptors (Lipinski definition) is 5. The number of amides is 1.